The van der Waals surface area contributed by atoms with Gasteiger partial charge in [-0.25, -0.2) is 0 Å². The number of allylic oxidation sites excluding steroid dienone is 4. The molecule has 0 fully saturated rings. The van der Waals surface area contributed by atoms with Crippen molar-refractivity contribution < 1.29 is 4.92 Å². The summed E-state index contributed by atoms with van der Waals surface area (Å²) in [5, 5.41) is 13.2. The fourth-order valence-corrected chi connectivity index (χ4v) is 3.62. The first-order valence-electron chi connectivity index (χ1n) is 7.33. The van der Waals surface area contributed by atoms with Gasteiger partial charge in [-0.1, -0.05) is 42.0 Å². The van der Waals surface area contributed by atoms with Gasteiger partial charge in [0.15, 0.2) is 0 Å². The van der Waals surface area contributed by atoms with E-state index >= 15 is 0 Å². The highest BCUT2D eigenvalue weighted by molar-refractivity contribution is 5.99. The highest BCUT2D eigenvalue weighted by Gasteiger charge is 2.24. The molecule has 2 aromatic carbocycles. The molecule has 0 heterocycles. The molecule has 0 aliphatic heterocycles. The number of nitrogens with zero attached hydrogens (tertiary/aromatic N) is 1. The second-order valence-corrected chi connectivity index (χ2v) is 5.68. The molecule has 2 aromatic rings. The molecule has 0 bridgehead atoms. The summed E-state index contributed by atoms with van der Waals surface area (Å²) in [4.78, 5) is 11.1. The maximum absolute atomic E-state index is 11.4. The molecule has 0 saturated heterocycles. The fraction of sp³-hybridized carbons (Fsp3) is 0.222. The third-order valence-electron chi connectivity index (χ3n) is 4.57. The lowest BCUT2D eigenvalue weighted by Crippen LogP contribution is -2.07. The zero-order chi connectivity index (χ0) is 14.4. The van der Waals surface area contributed by atoms with Crippen LogP contribution >= 0.6 is 0 Å². The quantitative estimate of drug-likeness (QED) is 0.555. The highest BCUT2D eigenvalue weighted by atomic mass is 16.6. The molecule has 0 aromatic heterocycles. The first-order chi connectivity index (χ1) is 10.3. The number of fused-ring (bicyclic) bond motifs is 4. The van der Waals surface area contributed by atoms with Crippen LogP contribution in [0.2, 0.25) is 0 Å². The van der Waals surface area contributed by atoms with E-state index in [2.05, 4.69) is 18.2 Å². The van der Waals surface area contributed by atoms with Crippen LogP contribution in [0.4, 0.5) is 5.69 Å². The SMILES string of the molecule is O=[N+]([O-])c1cccc2ccc3c(c12)CCC1=C3C=CCC1. The fourth-order valence-electron chi connectivity index (χ4n) is 3.62. The smallest absolute Gasteiger partial charge is 0.258 e. The Kier molecular flexibility index (Phi) is 2.67. The molecule has 4 rings (SSSR count). The molecule has 104 valence electrons. The van der Waals surface area contributed by atoms with E-state index in [1.54, 1.807) is 12.1 Å². The van der Waals surface area contributed by atoms with Crippen molar-refractivity contribution >= 4 is 22.0 Å². The average Bonchev–Trinajstić information content (AvgIpc) is 2.53. The lowest BCUT2D eigenvalue weighted by molar-refractivity contribution is -0.383. The van der Waals surface area contributed by atoms with E-state index in [-0.39, 0.29) is 10.6 Å². The number of aryl methyl sites for hydroxylation is 1. The molecule has 0 radical (unpaired) electrons. The molecule has 21 heavy (non-hydrogen) atoms. The minimum absolute atomic E-state index is 0.230. The van der Waals surface area contributed by atoms with Crippen molar-refractivity contribution in [1.82, 2.24) is 0 Å². The zero-order valence-corrected chi connectivity index (χ0v) is 11.6. The monoisotopic (exact) mass is 277 g/mol. The Morgan fingerprint density at radius 1 is 1.05 bits per heavy atom. The van der Waals surface area contributed by atoms with Crippen molar-refractivity contribution in [1.29, 1.82) is 0 Å². The standard InChI is InChI=1S/C18H15NO2/c20-19(21)17-7-3-5-13-9-10-15-14-6-2-1-4-12(14)8-11-16(15)18(13)17/h2-3,5-7,9-10H,1,4,8,11H2. The van der Waals surface area contributed by atoms with Gasteiger partial charge in [-0.05, 0) is 47.8 Å². The van der Waals surface area contributed by atoms with E-state index in [0.717, 1.165) is 42.0 Å². The first kappa shape index (κ1) is 12.3. The highest BCUT2D eigenvalue weighted by Crippen LogP contribution is 2.41. The largest absolute Gasteiger partial charge is 0.277 e. The van der Waals surface area contributed by atoms with Crippen molar-refractivity contribution in [2.75, 3.05) is 0 Å². The second-order valence-electron chi connectivity index (χ2n) is 5.68. The molecule has 0 saturated carbocycles. The third kappa shape index (κ3) is 1.81. The predicted molar refractivity (Wildman–Crippen MR) is 84.2 cm³/mol. The molecular formula is C18H15NO2. The van der Waals surface area contributed by atoms with E-state index in [4.69, 9.17) is 0 Å². The molecule has 3 nitrogen and oxygen atoms in total. The molecule has 2 aliphatic carbocycles. The minimum atomic E-state index is -0.261. The number of benzene rings is 2. The number of rotatable bonds is 1. The van der Waals surface area contributed by atoms with Crippen LogP contribution in [0, 0.1) is 10.1 Å². The van der Waals surface area contributed by atoms with Gasteiger partial charge in [0.2, 0.25) is 0 Å². The Hall–Kier alpha value is -2.42. The Bertz CT molecular complexity index is 830. The first-order valence-corrected chi connectivity index (χ1v) is 7.33. The van der Waals surface area contributed by atoms with E-state index in [1.807, 2.05) is 12.1 Å². The summed E-state index contributed by atoms with van der Waals surface area (Å²) in [5.74, 6) is 0. The van der Waals surface area contributed by atoms with E-state index in [1.165, 1.54) is 16.7 Å². The summed E-state index contributed by atoms with van der Waals surface area (Å²) in [6, 6.07) is 9.48. The number of nitro groups is 1. The van der Waals surface area contributed by atoms with Crippen molar-refractivity contribution in [3.8, 4) is 0 Å². The van der Waals surface area contributed by atoms with Gasteiger partial charge >= 0.3 is 0 Å². The number of hydrogen-bond acceptors (Lipinski definition) is 2. The van der Waals surface area contributed by atoms with Crippen LogP contribution in [0.5, 0.6) is 0 Å². The molecule has 0 unspecified atom stereocenters. The van der Waals surface area contributed by atoms with Crippen molar-refractivity contribution in [3.63, 3.8) is 0 Å². The Morgan fingerprint density at radius 3 is 2.81 bits per heavy atom. The molecule has 3 heteroatoms. The van der Waals surface area contributed by atoms with Crippen molar-refractivity contribution in [3.05, 3.63) is 69.3 Å². The lowest BCUT2D eigenvalue weighted by atomic mass is 9.79. The van der Waals surface area contributed by atoms with Crippen molar-refractivity contribution in [2.24, 2.45) is 0 Å². The third-order valence-corrected chi connectivity index (χ3v) is 4.57. The number of hydrogen-bond donors (Lipinski definition) is 0. The van der Waals surface area contributed by atoms with Crippen LogP contribution in [0.15, 0.2) is 48.1 Å². The average molecular weight is 277 g/mol. The van der Waals surface area contributed by atoms with Crippen LogP contribution in [-0.2, 0) is 6.42 Å². The molecule has 0 atom stereocenters. The molecule has 0 spiro atoms. The van der Waals surface area contributed by atoms with E-state index in [9.17, 15) is 10.1 Å². The van der Waals surface area contributed by atoms with Gasteiger partial charge in [0.1, 0.15) is 0 Å². The second kappa shape index (κ2) is 4.55. The zero-order valence-electron chi connectivity index (χ0n) is 11.6. The Labute approximate surface area is 122 Å². The van der Waals surface area contributed by atoms with E-state index in [0.29, 0.717) is 0 Å². The topological polar surface area (TPSA) is 43.1 Å². The minimum Gasteiger partial charge on any atom is -0.258 e. The van der Waals surface area contributed by atoms with Gasteiger partial charge in [0, 0.05) is 6.07 Å². The summed E-state index contributed by atoms with van der Waals surface area (Å²) < 4.78 is 0. The summed E-state index contributed by atoms with van der Waals surface area (Å²) >= 11 is 0. The molecular weight excluding hydrogens is 262 g/mol. The lowest BCUT2D eigenvalue weighted by Gasteiger charge is -2.25. The maximum atomic E-state index is 11.4. The van der Waals surface area contributed by atoms with Gasteiger partial charge in [-0.2, -0.15) is 0 Å². The van der Waals surface area contributed by atoms with Crippen molar-refractivity contribution in [2.45, 2.75) is 25.7 Å². The van der Waals surface area contributed by atoms with E-state index < -0.39 is 0 Å². The number of non-ortho nitro benzene ring substituents is 1. The normalized spacial score (nSPS) is 16.8. The van der Waals surface area contributed by atoms with Crippen LogP contribution in [0.1, 0.15) is 30.4 Å². The van der Waals surface area contributed by atoms with Gasteiger partial charge < -0.3 is 0 Å². The summed E-state index contributed by atoms with van der Waals surface area (Å²) in [6.07, 6.45) is 8.57. The molecule has 2 aliphatic rings. The van der Waals surface area contributed by atoms with Gasteiger partial charge in [-0.3, -0.25) is 10.1 Å². The molecule has 0 amide bonds. The summed E-state index contributed by atoms with van der Waals surface area (Å²) in [7, 11) is 0. The van der Waals surface area contributed by atoms with Gasteiger partial charge in [0.05, 0.1) is 10.3 Å². The van der Waals surface area contributed by atoms with Crippen LogP contribution in [0.25, 0.3) is 16.3 Å². The van der Waals surface area contributed by atoms with Gasteiger partial charge in [-0.15, -0.1) is 0 Å². The predicted octanol–water partition coefficient (Wildman–Crippen LogP) is 4.80. The Balaban J connectivity index is 2.06. The van der Waals surface area contributed by atoms with Crippen LogP contribution < -0.4 is 0 Å². The van der Waals surface area contributed by atoms with Crippen LogP contribution in [0.3, 0.4) is 0 Å². The van der Waals surface area contributed by atoms with Gasteiger partial charge in [0.25, 0.3) is 5.69 Å². The van der Waals surface area contributed by atoms with Crippen LogP contribution in [-0.4, -0.2) is 4.92 Å². The number of nitro benzene ring substituents is 1. The summed E-state index contributed by atoms with van der Waals surface area (Å²) in [6.45, 7) is 0. The summed E-state index contributed by atoms with van der Waals surface area (Å²) in [5.41, 5.74) is 5.36. The Morgan fingerprint density at radius 2 is 1.95 bits per heavy atom. The molecule has 0 N–H and O–H groups in total. The maximum Gasteiger partial charge on any atom is 0.277 e.